The van der Waals surface area contributed by atoms with Gasteiger partial charge >= 0.3 is 5.97 Å². The number of thioether (sulfide) groups is 1. The molecular weight excluding hydrogens is 240 g/mol. The van der Waals surface area contributed by atoms with E-state index in [1.165, 1.54) is 32.9 Å². The third-order valence-corrected chi connectivity index (χ3v) is 3.17. The van der Waals surface area contributed by atoms with Crippen molar-refractivity contribution in [2.24, 2.45) is 0 Å². The average Bonchev–Trinajstić information content (AvgIpc) is 2.35. The molecule has 0 heterocycles. The lowest BCUT2D eigenvalue weighted by Crippen LogP contribution is -2.03. The van der Waals surface area contributed by atoms with Crippen LogP contribution in [0.3, 0.4) is 0 Å². The normalized spacial score (nSPS) is 9.82. The number of ketones is 1. The van der Waals surface area contributed by atoms with Crippen LogP contribution in [-0.4, -0.2) is 31.7 Å². The van der Waals surface area contributed by atoms with Gasteiger partial charge in [0, 0.05) is 10.5 Å². The van der Waals surface area contributed by atoms with Gasteiger partial charge in [-0.2, -0.15) is 0 Å². The first kappa shape index (κ1) is 13.6. The van der Waals surface area contributed by atoms with Crippen molar-refractivity contribution in [1.82, 2.24) is 0 Å². The van der Waals surface area contributed by atoms with Crippen molar-refractivity contribution < 1.29 is 19.1 Å². The number of esters is 1. The Kier molecular flexibility index (Phi) is 5.03. The molecule has 1 aromatic rings. The number of methoxy groups -OCH3 is 2. The van der Waals surface area contributed by atoms with Crippen molar-refractivity contribution in [2.45, 2.75) is 11.8 Å². The van der Waals surface area contributed by atoms with Crippen molar-refractivity contribution in [2.75, 3.05) is 20.0 Å². The number of carbonyl (C=O) groups is 2. The van der Waals surface area contributed by atoms with Crippen molar-refractivity contribution in [3.05, 3.63) is 23.8 Å². The van der Waals surface area contributed by atoms with Gasteiger partial charge in [-0.25, -0.2) is 0 Å². The molecule has 0 amide bonds. The number of hydrogen-bond acceptors (Lipinski definition) is 5. The summed E-state index contributed by atoms with van der Waals surface area (Å²) >= 11 is 1.31. The molecule has 92 valence electrons. The Bertz CT molecular complexity index is 429. The molecule has 4 nitrogen and oxygen atoms in total. The van der Waals surface area contributed by atoms with E-state index in [-0.39, 0.29) is 17.5 Å². The summed E-state index contributed by atoms with van der Waals surface area (Å²) in [5.41, 5.74) is 0.587. The van der Waals surface area contributed by atoms with E-state index in [1.807, 2.05) is 0 Å². The van der Waals surface area contributed by atoms with Crippen LogP contribution in [-0.2, 0) is 9.53 Å². The second-order valence-electron chi connectivity index (χ2n) is 3.29. The lowest BCUT2D eigenvalue weighted by molar-refractivity contribution is -0.137. The number of carbonyl (C=O) groups excluding carboxylic acids is 2. The Morgan fingerprint density at radius 1 is 1.29 bits per heavy atom. The molecule has 0 aliphatic carbocycles. The highest BCUT2D eigenvalue weighted by Gasteiger charge is 2.09. The molecule has 0 saturated carbocycles. The molecule has 1 aromatic carbocycles. The van der Waals surface area contributed by atoms with Crippen LogP contribution in [0.4, 0.5) is 0 Å². The Morgan fingerprint density at radius 3 is 2.53 bits per heavy atom. The maximum Gasteiger partial charge on any atom is 0.315 e. The van der Waals surface area contributed by atoms with Crippen LogP contribution >= 0.6 is 11.8 Å². The van der Waals surface area contributed by atoms with E-state index < -0.39 is 0 Å². The van der Waals surface area contributed by atoms with Crippen molar-refractivity contribution in [3.8, 4) is 5.75 Å². The minimum atomic E-state index is -0.298. The van der Waals surface area contributed by atoms with Gasteiger partial charge in [0.05, 0.1) is 20.0 Å². The van der Waals surface area contributed by atoms with Gasteiger partial charge in [-0.3, -0.25) is 9.59 Å². The zero-order valence-corrected chi connectivity index (χ0v) is 10.8. The smallest absolute Gasteiger partial charge is 0.315 e. The molecule has 0 unspecified atom stereocenters. The van der Waals surface area contributed by atoms with E-state index >= 15 is 0 Å². The SMILES string of the molecule is COC(=O)CSc1ccc(C(C)=O)cc1OC. The van der Waals surface area contributed by atoms with E-state index in [4.69, 9.17) is 4.74 Å². The summed E-state index contributed by atoms with van der Waals surface area (Å²) in [4.78, 5) is 23.0. The third-order valence-electron chi connectivity index (χ3n) is 2.14. The lowest BCUT2D eigenvalue weighted by Gasteiger charge is -2.08. The predicted molar refractivity (Wildman–Crippen MR) is 65.7 cm³/mol. The number of ether oxygens (including phenoxy) is 2. The summed E-state index contributed by atoms with van der Waals surface area (Å²) in [5.74, 6) is 0.485. The first-order chi connectivity index (χ1) is 8.08. The van der Waals surface area contributed by atoms with E-state index in [0.717, 1.165) is 4.90 Å². The predicted octanol–water partition coefficient (Wildman–Crippen LogP) is 2.16. The van der Waals surface area contributed by atoms with E-state index in [1.54, 1.807) is 18.2 Å². The van der Waals surface area contributed by atoms with Crippen molar-refractivity contribution in [3.63, 3.8) is 0 Å². The number of Topliss-reactive ketones (excluding diaryl/α,β-unsaturated/α-hetero) is 1. The molecule has 0 atom stereocenters. The summed E-state index contributed by atoms with van der Waals surface area (Å²) in [6.45, 7) is 1.50. The lowest BCUT2D eigenvalue weighted by atomic mass is 10.1. The third kappa shape index (κ3) is 3.78. The average molecular weight is 254 g/mol. The van der Waals surface area contributed by atoms with Crippen LogP contribution in [0.1, 0.15) is 17.3 Å². The molecule has 0 spiro atoms. The topological polar surface area (TPSA) is 52.6 Å². The summed E-state index contributed by atoms with van der Waals surface area (Å²) in [7, 11) is 2.88. The van der Waals surface area contributed by atoms with Crippen LogP contribution in [0.2, 0.25) is 0 Å². The molecule has 0 bridgehead atoms. The number of benzene rings is 1. The highest BCUT2D eigenvalue weighted by Crippen LogP contribution is 2.30. The van der Waals surface area contributed by atoms with Gasteiger partial charge in [-0.1, -0.05) is 6.07 Å². The van der Waals surface area contributed by atoms with Gasteiger partial charge < -0.3 is 9.47 Å². The number of rotatable bonds is 5. The Labute approximate surface area is 104 Å². The molecule has 5 heteroatoms. The van der Waals surface area contributed by atoms with Crippen LogP contribution in [0.5, 0.6) is 5.75 Å². The van der Waals surface area contributed by atoms with Gasteiger partial charge in [0.1, 0.15) is 5.75 Å². The highest BCUT2D eigenvalue weighted by molar-refractivity contribution is 8.00. The highest BCUT2D eigenvalue weighted by atomic mass is 32.2. The minimum absolute atomic E-state index is 0.0205. The van der Waals surface area contributed by atoms with Gasteiger partial charge in [0.25, 0.3) is 0 Å². The molecule has 1 rings (SSSR count). The molecule has 0 radical (unpaired) electrons. The fraction of sp³-hybridized carbons (Fsp3) is 0.333. The molecule has 17 heavy (non-hydrogen) atoms. The standard InChI is InChI=1S/C12H14O4S/c1-8(13)9-4-5-11(10(6-9)15-2)17-7-12(14)16-3/h4-6H,7H2,1-3H3. The van der Waals surface area contributed by atoms with Gasteiger partial charge in [-0.15, -0.1) is 11.8 Å². The monoisotopic (exact) mass is 254 g/mol. The second-order valence-corrected chi connectivity index (χ2v) is 4.30. The van der Waals surface area contributed by atoms with Gasteiger partial charge in [-0.05, 0) is 19.1 Å². The van der Waals surface area contributed by atoms with Gasteiger partial charge in [0.2, 0.25) is 0 Å². The maximum atomic E-state index is 11.2. The second kappa shape index (κ2) is 6.30. The van der Waals surface area contributed by atoms with E-state index in [0.29, 0.717) is 11.3 Å². The minimum Gasteiger partial charge on any atom is -0.496 e. The number of hydrogen-bond donors (Lipinski definition) is 0. The largest absolute Gasteiger partial charge is 0.496 e. The van der Waals surface area contributed by atoms with Crippen LogP contribution in [0.25, 0.3) is 0 Å². The summed E-state index contributed by atoms with van der Waals surface area (Å²) < 4.78 is 9.73. The molecule has 0 fully saturated rings. The van der Waals surface area contributed by atoms with Crippen LogP contribution < -0.4 is 4.74 Å². The molecule has 0 aliphatic rings. The van der Waals surface area contributed by atoms with Crippen LogP contribution in [0.15, 0.2) is 23.1 Å². The molecule has 0 aromatic heterocycles. The zero-order chi connectivity index (χ0) is 12.8. The Balaban J connectivity index is 2.85. The quantitative estimate of drug-likeness (QED) is 0.458. The molecular formula is C12H14O4S. The van der Waals surface area contributed by atoms with Crippen molar-refractivity contribution in [1.29, 1.82) is 0 Å². The summed E-state index contributed by atoms with van der Waals surface area (Å²) in [6.07, 6.45) is 0. The first-order valence-electron chi connectivity index (χ1n) is 4.97. The Hall–Kier alpha value is -1.49. The zero-order valence-electron chi connectivity index (χ0n) is 9.98. The first-order valence-corrected chi connectivity index (χ1v) is 5.95. The molecule has 0 aliphatic heterocycles. The van der Waals surface area contributed by atoms with Gasteiger partial charge in [0.15, 0.2) is 5.78 Å². The molecule has 0 N–H and O–H groups in total. The Morgan fingerprint density at radius 2 is 2.00 bits per heavy atom. The summed E-state index contributed by atoms with van der Waals surface area (Å²) in [5, 5.41) is 0. The fourth-order valence-electron chi connectivity index (χ4n) is 1.20. The van der Waals surface area contributed by atoms with E-state index in [2.05, 4.69) is 4.74 Å². The van der Waals surface area contributed by atoms with Crippen molar-refractivity contribution >= 4 is 23.5 Å². The fourth-order valence-corrected chi connectivity index (χ4v) is 2.04. The van der Waals surface area contributed by atoms with E-state index in [9.17, 15) is 9.59 Å². The molecule has 0 saturated heterocycles. The van der Waals surface area contributed by atoms with Crippen LogP contribution in [0, 0.1) is 0 Å². The summed E-state index contributed by atoms with van der Waals surface area (Å²) in [6, 6.07) is 5.15. The maximum absolute atomic E-state index is 11.2.